The van der Waals surface area contributed by atoms with Gasteiger partial charge in [-0.05, 0) is 61.4 Å². The molecule has 3 atom stereocenters. The number of hydrogen-bond acceptors (Lipinski definition) is 8. The number of ether oxygens (including phenoxy) is 5. The molecule has 0 aromatic heterocycles. The van der Waals surface area contributed by atoms with Gasteiger partial charge in [-0.15, -0.1) is 0 Å². The first-order valence-corrected chi connectivity index (χ1v) is 12.3. The number of carbonyl (C=O) groups is 3. The summed E-state index contributed by atoms with van der Waals surface area (Å²) in [5.74, 6) is -0.119. The molecule has 1 heterocycles. The van der Waals surface area contributed by atoms with Gasteiger partial charge in [-0.25, -0.2) is 14.4 Å². The molecule has 1 saturated heterocycles. The molecule has 37 heavy (non-hydrogen) atoms. The average Bonchev–Trinajstić information content (AvgIpc) is 3.23. The maximum Gasteiger partial charge on any atom is 0.343 e. The highest BCUT2D eigenvalue weighted by Gasteiger charge is 2.34. The molecule has 3 unspecified atom stereocenters. The van der Waals surface area contributed by atoms with Gasteiger partial charge in [-0.1, -0.05) is 33.4 Å². The third-order valence-corrected chi connectivity index (χ3v) is 5.60. The van der Waals surface area contributed by atoms with E-state index >= 15 is 0 Å². The standard InChI is InChI=1S/C29H32O8/c1-5-8-24(25-18-19(4)28(31)36-25)33-21-12-10-20(11-13-21)29(32)35-23-16-14-22(15-17-23)34-27(9-6-2)37-26(30)7-3/h7,10-17,24-25,27H,3-6,8-9,18H2,1-2H3. The molecule has 0 aliphatic carbocycles. The van der Waals surface area contributed by atoms with Crippen LogP contribution in [0.1, 0.15) is 56.3 Å². The van der Waals surface area contributed by atoms with Gasteiger partial charge in [0.2, 0.25) is 6.29 Å². The molecule has 0 saturated carbocycles. The molecular formula is C29H32O8. The van der Waals surface area contributed by atoms with Crippen LogP contribution in [0.2, 0.25) is 0 Å². The zero-order valence-electron chi connectivity index (χ0n) is 21.1. The Morgan fingerprint density at radius 3 is 2.14 bits per heavy atom. The monoisotopic (exact) mass is 508 g/mol. The van der Waals surface area contributed by atoms with Gasteiger partial charge in [0.15, 0.2) is 0 Å². The summed E-state index contributed by atoms with van der Waals surface area (Å²) in [6.07, 6.45) is 2.97. The van der Waals surface area contributed by atoms with E-state index in [4.69, 9.17) is 23.7 Å². The molecule has 8 heteroatoms. The summed E-state index contributed by atoms with van der Waals surface area (Å²) in [7, 11) is 0. The first-order valence-electron chi connectivity index (χ1n) is 12.3. The van der Waals surface area contributed by atoms with Crippen molar-refractivity contribution < 1.29 is 38.1 Å². The number of carbonyl (C=O) groups excluding carboxylic acids is 3. The number of esters is 3. The van der Waals surface area contributed by atoms with Gasteiger partial charge in [0.05, 0.1) is 5.56 Å². The molecule has 8 nitrogen and oxygen atoms in total. The van der Waals surface area contributed by atoms with Crippen molar-refractivity contribution in [3.05, 3.63) is 78.9 Å². The molecule has 1 aliphatic heterocycles. The Morgan fingerprint density at radius 2 is 1.57 bits per heavy atom. The van der Waals surface area contributed by atoms with Crippen LogP contribution < -0.4 is 14.2 Å². The lowest BCUT2D eigenvalue weighted by atomic mass is 10.0. The van der Waals surface area contributed by atoms with Crippen molar-refractivity contribution in [3.8, 4) is 17.2 Å². The molecule has 0 radical (unpaired) electrons. The van der Waals surface area contributed by atoms with Gasteiger partial charge in [-0.3, -0.25) is 0 Å². The summed E-state index contributed by atoms with van der Waals surface area (Å²) >= 11 is 0. The van der Waals surface area contributed by atoms with Crippen LogP contribution in [0.15, 0.2) is 73.3 Å². The number of cyclic esters (lactones) is 1. The summed E-state index contributed by atoms with van der Waals surface area (Å²) in [6.45, 7) is 11.1. The van der Waals surface area contributed by atoms with Gasteiger partial charge in [0.25, 0.3) is 0 Å². The van der Waals surface area contributed by atoms with E-state index in [2.05, 4.69) is 13.2 Å². The molecule has 0 N–H and O–H groups in total. The van der Waals surface area contributed by atoms with Crippen LogP contribution >= 0.6 is 0 Å². The average molecular weight is 509 g/mol. The fourth-order valence-electron chi connectivity index (χ4n) is 3.70. The number of benzene rings is 2. The Hall–Kier alpha value is -4.07. The lowest BCUT2D eigenvalue weighted by Crippen LogP contribution is -2.31. The highest BCUT2D eigenvalue weighted by atomic mass is 16.7. The Kier molecular flexibility index (Phi) is 9.89. The van der Waals surface area contributed by atoms with Crippen LogP contribution in [0.4, 0.5) is 0 Å². The molecular weight excluding hydrogens is 476 g/mol. The second kappa shape index (κ2) is 13.3. The van der Waals surface area contributed by atoms with Crippen LogP contribution in [0.5, 0.6) is 17.2 Å². The summed E-state index contributed by atoms with van der Waals surface area (Å²) in [5, 5.41) is 0. The van der Waals surface area contributed by atoms with Gasteiger partial charge >= 0.3 is 17.9 Å². The highest BCUT2D eigenvalue weighted by molar-refractivity contribution is 5.91. The Bertz CT molecular complexity index is 1090. The van der Waals surface area contributed by atoms with E-state index in [1.54, 1.807) is 48.5 Å². The molecule has 0 spiro atoms. The van der Waals surface area contributed by atoms with Gasteiger partial charge in [0.1, 0.15) is 29.5 Å². The summed E-state index contributed by atoms with van der Waals surface area (Å²) in [6, 6.07) is 13.0. The summed E-state index contributed by atoms with van der Waals surface area (Å²) < 4.78 is 27.8. The Labute approximate surface area is 216 Å². The van der Waals surface area contributed by atoms with Crippen LogP contribution in [0.3, 0.4) is 0 Å². The second-order valence-corrected chi connectivity index (χ2v) is 8.56. The normalized spacial score (nSPS) is 16.3. The first-order chi connectivity index (χ1) is 17.8. The SMILES string of the molecule is C=CC(=O)OC(CCC)Oc1ccc(OC(=O)c2ccc(OC(CCC)C3CC(=C)C(=O)O3)cc2)cc1. The van der Waals surface area contributed by atoms with Gasteiger partial charge in [0, 0.05) is 24.5 Å². The quantitative estimate of drug-likeness (QED) is 0.150. The maximum atomic E-state index is 12.6. The molecule has 1 fully saturated rings. The predicted octanol–water partition coefficient (Wildman–Crippen LogP) is 5.56. The largest absolute Gasteiger partial charge is 0.487 e. The third-order valence-electron chi connectivity index (χ3n) is 5.60. The Morgan fingerprint density at radius 1 is 0.973 bits per heavy atom. The van der Waals surface area contributed by atoms with Gasteiger partial charge < -0.3 is 23.7 Å². The number of rotatable bonds is 13. The van der Waals surface area contributed by atoms with Crippen molar-refractivity contribution in [3.63, 3.8) is 0 Å². The molecule has 1 aliphatic rings. The minimum absolute atomic E-state index is 0.302. The van der Waals surface area contributed by atoms with Crippen LogP contribution in [0.25, 0.3) is 0 Å². The van der Waals surface area contributed by atoms with Crippen molar-refractivity contribution >= 4 is 17.9 Å². The van der Waals surface area contributed by atoms with Crippen molar-refractivity contribution in [1.82, 2.24) is 0 Å². The topological polar surface area (TPSA) is 97.4 Å². The zero-order chi connectivity index (χ0) is 26.8. The molecule has 3 rings (SSSR count). The predicted molar refractivity (Wildman–Crippen MR) is 136 cm³/mol. The van der Waals surface area contributed by atoms with Crippen molar-refractivity contribution in [2.75, 3.05) is 0 Å². The molecule has 2 aromatic carbocycles. The number of hydrogen-bond donors (Lipinski definition) is 0. The molecule has 0 amide bonds. The van der Waals surface area contributed by atoms with E-state index in [9.17, 15) is 14.4 Å². The van der Waals surface area contributed by atoms with Crippen molar-refractivity contribution in [1.29, 1.82) is 0 Å². The van der Waals surface area contributed by atoms with Crippen LogP contribution in [-0.2, 0) is 19.1 Å². The highest BCUT2D eigenvalue weighted by Crippen LogP contribution is 2.27. The van der Waals surface area contributed by atoms with E-state index in [0.29, 0.717) is 47.6 Å². The van der Waals surface area contributed by atoms with Crippen LogP contribution in [0, 0.1) is 0 Å². The van der Waals surface area contributed by atoms with E-state index in [1.807, 2.05) is 13.8 Å². The van der Waals surface area contributed by atoms with E-state index in [-0.39, 0.29) is 18.2 Å². The smallest absolute Gasteiger partial charge is 0.343 e. The fraction of sp³-hybridized carbons (Fsp3) is 0.345. The zero-order valence-corrected chi connectivity index (χ0v) is 21.1. The van der Waals surface area contributed by atoms with Crippen LogP contribution in [-0.4, -0.2) is 36.4 Å². The maximum absolute atomic E-state index is 12.6. The fourth-order valence-corrected chi connectivity index (χ4v) is 3.70. The van der Waals surface area contributed by atoms with Gasteiger partial charge in [-0.2, -0.15) is 0 Å². The molecule has 0 bridgehead atoms. The second-order valence-electron chi connectivity index (χ2n) is 8.56. The van der Waals surface area contributed by atoms with Crippen molar-refractivity contribution in [2.24, 2.45) is 0 Å². The molecule has 196 valence electrons. The molecule has 2 aromatic rings. The lowest BCUT2D eigenvalue weighted by Gasteiger charge is -2.23. The van der Waals surface area contributed by atoms with E-state index in [1.165, 1.54) is 0 Å². The lowest BCUT2D eigenvalue weighted by molar-refractivity contribution is -0.158. The minimum atomic E-state index is -0.735. The third kappa shape index (κ3) is 7.96. The Balaban J connectivity index is 1.57. The van der Waals surface area contributed by atoms with E-state index in [0.717, 1.165) is 18.9 Å². The minimum Gasteiger partial charge on any atom is -0.487 e. The summed E-state index contributed by atoms with van der Waals surface area (Å²) in [4.78, 5) is 35.8. The van der Waals surface area contributed by atoms with E-state index < -0.39 is 18.2 Å². The summed E-state index contributed by atoms with van der Waals surface area (Å²) in [5.41, 5.74) is 0.795. The first kappa shape index (κ1) is 27.5. The van der Waals surface area contributed by atoms with Crippen molar-refractivity contribution in [2.45, 2.75) is 64.4 Å².